The number of ether oxygens (including phenoxy) is 2. The van der Waals surface area contributed by atoms with E-state index in [9.17, 15) is 0 Å². The van der Waals surface area contributed by atoms with Gasteiger partial charge in [0.05, 0.1) is 12.1 Å². The van der Waals surface area contributed by atoms with Crippen molar-refractivity contribution in [1.82, 2.24) is 15.3 Å². The van der Waals surface area contributed by atoms with Crippen LogP contribution < -0.4 is 10.1 Å². The standard InChI is InChI=1S/C14H21N3O2/c1-15-8-4-7-13-16-11-5-3-6-12(14(11)17-13)19-10-9-18-2/h3,5-6,15H,4,7-10H2,1-2H3,(H,16,17). The maximum Gasteiger partial charge on any atom is 0.147 e. The zero-order chi connectivity index (χ0) is 13.5. The SMILES string of the molecule is CNCCCc1nc2c(OCCOC)cccc2[nH]1. The number of rotatable bonds is 8. The molecule has 0 aliphatic heterocycles. The fourth-order valence-corrected chi connectivity index (χ4v) is 1.96. The van der Waals surface area contributed by atoms with E-state index in [-0.39, 0.29) is 0 Å². The zero-order valence-corrected chi connectivity index (χ0v) is 11.5. The van der Waals surface area contributed by atoms with Crippen molar-refractivity contribution in [2.45, 2.75) is 12.8 Å². The van der Waals surface area contributed by atoms with E-state index >= 15 is 0 Å². The van der Waals surface area contributed by atoms with Gasteiger partial charge in [0.2, 0.25) is 0 Å². The van der Waals surface area contributed by atoms with E-state index < -0.39 is 0 Å². The summed E-state index contributed by atoms with van der Waals surface area (Å²) < 4.78 is 10.7. The van der Waals surface area contributed by atoms with E-state index in [1.807, 2.05) is 25.2 Å². The van der Waals surface area contributed by atoms with Crippen LogP contribution in [0.4, 0.5) is 0 Å². The number of hydrogen-bond donors (Lipinski definition) is 2. The van der Waals surface area contributed by atoms with Gasteiger partial charge in [0.1, 0.15) is 23.7 Å². The molecular formula is C14H21N3O2. The van der Waals surface area contributed by atoms with E-state index in [1.54, 1.807) is 7.11 Å². The minimum atomic E-state index is 0.539. The van der Waals surface area contributed by atoms with Crippen LogP contribution in [0.2, 0.25) is 0 Å². The van der Waals surface area contributed by atoms with Crippen molar-refractivity contribution in [2.24, 2.45) is 0 Å². The number of methoxy groups -OCH3 is 1. The predicted molar refractivity (Wildman–Crippen MR) is 75.7 cm³/mol. The second kappa shape index (κ2) is 7.11. The molecule has 0 spiro atoms. The number of nitrogens with zero attached hydrogens (tertiary/aromatic N) is 1. The number of para-hydroxylation sites is 1. The number of nitrogens with one attached hydrogen (secondary N) is 2. The summed E-state index contributed by atoms with van der Waals surface area (Å²) in [4.78, 5) is 7.95. The lowest BCUT2D eigenvalue weighted by atomic mass is 10.3. The van der Waals surface area contributed by atoms with E-state index in [0.717, 1.165) is 42.0 Å². The van der Waals surface area contributed by atoms with Crippen molar-refractivity contribution in [3.05, 3.63) is 24.0 Å². The Labute approximate surface area is 113 Å². The van der Waals surface area contributed by atoms with Crippen LogP contribution in [0.15, 0.2) is 18.2 Å². The number of aromatic amines is 1. The summed E-state index contributed by atoms with van der Waals surface area (Å²) >= 11 is 0. The molecular weight excluding hydrogens is 242 g/mol. The molecule has 104 valence electrons. The first-order chi connectivity index (χ1) is 9.35. The highest BCUT2D eigenvalue weighted by molar-refractivity contribution is 5.81. The molecule has 2 aromatic rings. The van der Waals surface area contributed by atoms with Gasteiger partial charge in [-0.1, -0.05) is 6.07 Å². The molecule has 0 amide bonds. The van der Waals surface area contributed by atoms with Crippen LogP contribution in [0.1, 0.15) is 12.2 Å². The molecule has 0 aliphatic rings. The third kappa shape index (κ3) is 3.68. The minimum Gasteiger partial charge on any atom is -0.489 e. The molecule has 0 aliphatic carbocycles. The van der Waals surface area contributed by atoms with Gasteiger partial charge < -0.3 is 19.8 Å². The summed E-state index contributed by atoms with van der Waals surface area (Å²) in [5.74, 6) is 1.82. The molecule has 0 radical (unpaired) electrons. The van der Waals surface area contributed by atoms with E-state index in [0.29, 0.717) is 13.2 Å². The fourth-order valence-electron chi connectivity index (χ4n) is 1.96. The normalized spacial score (nSPS) is 11.1. The van der Waals surface area contributed by atoms with Gasteiger partial charge in [0.15, 0.2) is 0 Å². The van der Waals surface area contributed by atoms with Crippen LogP contribution in [0.3, 0.4) is 0 Å². The maximum atomic E-state index is 5.68. The highest BCUT2D eigenvalue weighted by Crippen LogP contribution is 2.23. The van der Waals surface area contributed by atoms with E-state index in [2.05, 4.69) is 15.3 Å². The molecule has 1 aromatic heterocycles. The highest BCUT2D eigenvalue weighted by Gasteiger charge is 2.07. The highest BCUT2D eigenvalue weighted by atomic mass is 16.5. The van der Waals surface area contributed by atoms with Gasteiger partial charge >= 0.3 is 0 Å². The van der Waals surface area contributed by atoms with Crippen molar-refractivity contribution >= 4 is 11.0 Å². The van der Waals surface area contributed by atoms with Crippen molar-refractivity contribution < 1.29 is 9.47 Å². The lowest BCUT2D eigenvalue weighted by Gasteiger charge is -2.05. The first-order valence-corrected chi connectivity index (χ1v) is 6.59. The second-order valence-electron chi connectivity index (χ2n) is 4.38. The Morgan fingerprint density at radius 2 is 2.21 bits per heavy atom. The number of aromatic nitrogens is 2. The molecule has 0 atom stereocenters. The Bertz CT molecular complexity index is 510. The number of aryl methyl sites for hydroxylation is 1. The first kappa shape index (κ1) is 13.8. The van der Waals surface area contributed by atoms with Gasteiger partial charge in [-0.2, -0.15) is 0 Å². The smallest absolute Gasteiger partial charge is 0.147 e. The Hall–Kier alpha value is -1.59. The molecule has 2 N–H and O–H groups in total. The summed E-state index contributed by atoms with van der Waals surface area (Å²) in [5.41, 5.74) is 1.92. The number of hydrogen-bond acceptors (Lipinski definition) is 4. The summed E-state index contributed by atoms with van der Waals surface area (Å²) in [6, 6.07) is 5.93. The maximum absolute atomic E-state index is 5.68. The lowest BCUT2D eigenvalue weighted by Crippen LogP contribution is -2.08. The van der Waals surface area contributed by atoms with Crippen molar-refractivity contribution in [2.75, 3.05) is 33.9 Å². The summed E-state index contributed by atoms with van der Waals surface area (Å²) in [5, 5.41) is 3.14. The largest absolute Gasteiger partial charge is 0.489 e. The molecule has 0 unspecified atom stereocenters. The number of benzene rings is 1. The lowest BCUT2D eigenvalue weighted by molar-refractivity contribution is 0.147. The monoisotopic (exact) mass is 263 g/mol. The molecule has 0 bridgehead atoms. The van der Waals surface area contributed by atoms with Gasteiger partial charge in [-0.15, -0.1) is 0 Å². The molecule has 5 nitrogen and oxygen atoms in total. The average Bonchev–Trinajstić information content (AvgIpc) is 2.83. The summed E-state index contributed by atoms with van der Waals surface area (Å²) in [7, 11) is 3.62. The third-order valence-corrected chi connectivity index (χ3v) is 2.91. The molecule has 19 heavy (non-hydrogen) atoms. The molecule has 0 saturated carbocycles. The van der Waals surface area contributed by atoms with Gasteiger partial charge in [0, 0.05) is 13.5 Å². The minimum absolute atomic E-state index is 0.539. The van der Waals surface area contributed by atoms with Crippen LogP contribution in [-0.2, 0) is 11.2 Å². The first-order valence-electron chi connectivity index (χ1n) is 6.59. The zero-order valence-electron chi connectivity index (χ0n) is 11.5. The Morgan fingerprint density at radius 1 is 1.32 bits per heavy atom. The van der Waals surface area contributed by atoms with Crippen LogP contribution >= 0.6 is 0 Å². The van der Waals surface area contributed by atoms with Gasteiger partial charge in [-0.05, 0) is 32.1 Å². The molecule has 0 fully saturated rings. The summed E-state index contributed by atoms with van der Waals surface area (Å²) in [6.07, 6.45) is 2.00. The van der Waals surface area contributed by atoms with E-state index in [4.69, 9.17) is 9.47 Å². The van der Waals surface area contributed by atoms with Crippen LogP contribution in [0, 0.1) is 0 Å². The quantitative estimate of drug-likeness (QED) is 0.712. The van der Waals surface area contributed by atoms with Crippen molar-refractivity contribution in [3.8, 4) is 5.75 Å². The Kier molecular flexibility index (Phi) is 5.18. The molecule has 1 heterocycles. The third-order valence-electron chi connectivity index (χ3n) is 2.91. The summed E-state index contributed by atoms with van der Waals surface area (Å²) in [6.45, 7) is 2.11. The predicted octanol–water partition coefficient (Wildman–Crippen LogP) is 1.74. The van der Waals surface area contributed by atoms with Crippen molar-refractivity contribution in [1.29, 1.82) is 0 Å². The number of imidazole rings is 1. The number of fused-ring (bicyclic) bond motifs is 1. The molecule has 2 rings (SSSR count). The van der Waals surface area contributed by atoms with Gasteiger partial charge in [-0.3, -0.25) is 0 Å². The van der Waals surface area contributed by atoms with Crippen LogP contribution in [-0.4, -0.2) is 43.9 Å². The Balaban J connectivity index is 2.09. The van der Waals surface area contributed by atoms with Crippen molar-refractivity contribution in [3.63, 3.8) is 0 Å². The Morgan fingerprint density at radius 3 is 3.00 bits per heavy atom. The fraction of sp³-hybridized carbons (Fsp3) is 0.500. The average molecular weight is 263 g/mol. The van der Waals surface area contributed by atoms with Gasteiger partial charge in [-0.25, -0.2) is 4.98 Å². The van der Waals surface area contributed by atoms with Crippen LogP contribution in [0.25, 0.3) is 11.0 Å². The van der Waals surface area contributed by atoms with E-state index in [1.165, 1.54) is 0 Å². The van der Waals surface area contributed by atoms with Gasteiger partial charge in [0.25, 0.3) is 0 Å². The topological polar surface area (TPSA) is 59.2 Å². The molecule has 5 heteroatoms. The van der Waals surface area contributed by atoms with Crippen LogP contribution in [0.5, 0.6) is 5.75 Å². The number of H-pyrrole nitrogens is 1. The second-order valence-corrected chi connectivity index (χ2v) is 4.38. The molecule has 0 saturated heterocycles. The molecule has 1 aromatic carbocycles.